The first-order chi connectivity index (χ1) is 13.6. The number of rotatable bonds is 17. The van der Waals surface area contributed by atoms with E-state index in [-0.39, 0.29) is 5.97 Å². The van der Waals surface area contributed by atoms with Crippen LogP contribution in [0, 0.1) is 5.92 Å². The van der Waals surface area contributed by atoms with Crippen molar-refractivity contribution in [2.45, 2.75) is 123 Å². The molecule has 0 N–H and O–H groups in total. The molecular weight excluding hydrogens is 344 g/mol. The minimum absolute atomic E-state index is 0.0222. The molecular formula is C26H46O2. The molecule has 0 heterocycles. The van der Waals surface area contributed by atoms with Gasteiger partial charge in [-0.05, 0) is 44.1 Å². The van der Waals surface area contributed by atoms with E-state index >= 15 is 0 Å². The SMILES string of the molecule is C=C(C)[C@@H]1CC=C(COC(=O)CCCCCCCCCCCCCCC)CC1. The lowest BCUT2D eigenvalue weighted by Crippen LogP contribution is -2.12. The number of carbonyl (C=O) groups is 1. The lowest BCUT2D eigenvalue weighted by molar-refractivity contribution is -0.142. The molecule has 0 aromatic rings. The standard InChI is InChI=1S/C26H46O2/c1-4-5-6-7-8-9-10-11-12-13-14-15-16-17-26(27)28-22-24-18-20-25(21-19-24)23(2)3/h18,25H,2,4-17,19-22H2,1,3H3/t25-/m1/s1. The molecule has 0 radical (unpaired) electrons. The maximum atomic E-state index is 11.9. The summed E-state index contributed by atoms with van der Waals surface area (Å²) in [7, 11) is 0. The number of carbonyl (C=O) groups excluding carboxylic acids is 1. The van der Waals surface area contributed by atoms with Gasteiger partial charge in [-0.3, -0.25) is 4.79 Å². The molecule has 0 bridgehead atoms. The van der Waals surface area contributed by atoms with Gasteiger partial charge in [0.15, 0.2) is 0 Å². The maximum absolute atomic E-state index is 11.9. The van der Waals surface area contributed by atoms with Gasteiger partial charge in [0.05, 0.1) is 0 Å². The van der Waals surface area contributed by atoms with Crippen molar-refractivity contribution >= 4 is 5.97 Å². The van der Waals surface area contributed by atoms with E-state index < -0.39 is 0 Å². The van der Waals surface area contributed by atoms with E-state index in [1.54, 1.807) is 0 Å². The highest BCUT2D eigenvalue weighted by molar-refractivity contribution is 5.69. The van der Waals surface area contributed by atoms with Gasteiger partial charge in [0.25, 0.3) is 0 Å². The summed E-state index contributed by atoms with van der Waals surface area (Å²) in [5.41, 5.74) is 2.56. The van der Waals surface area contributed by atoms with Crippen molar-refractivity contribution in [1.82, 2.24) is 0 Å². The Morgan fingerprint density at radius 1 is 0.964 bits per heavy atom. The first kappa shape index (κ1) is 25.0. The molecule has 0 saturated heterocycles. The number of ether oxygens (including phenoxy) is 1. The van der Waals surface area contributed by atoms with E-state index in [2.05, 4.69) is 26.5 Å². The summed E-state index contributed by atoms with van der Waals surface area (Å²) in [6, 6.07) is 0. The number of esters is 1. The number of unbranched alkanes of at least 4 members (excludes halogenated alkanes) is 12. The Morgan fingerprint density at radius 2 is 1.50 bits per heavy atom. The first-order valence-electron chi connectivity index (χ1n) is 12.1. The average Bonchev–Trinajstić information content (AvgIpc) is 2.70. The Hall–Kier alpha value is -1.05. The van der Waals surface area contributed by atoms with Crippen molar-refractivity contribution in [1.29, 1.82) is 0 Å². The molecule has 0 amide bonds. The van der Waals surface area contributed by atoms with Crippen LogP contribution >= 0.6 is 0 Å². The average molecular weight is 391 g/mol. The first-order valence-corrected chi connectivity index (χ1v) is 12.1. The van der Waals surface area contributed by atoms with Crippen LogP contribution in [0.2, 0.25) is 0 Å². The molecule has 0 aromatic heterocycles. The highest BCUT2D eigenvalue weighted by Gasteiger charge is 2.15. The van der Waals surface area contributed by atoms with Crippen LogP contribution in [0.3, 0.4) is 0 Å². The van der Waals surface area contributed by atoms with Gasteiger partial charge >= 0.3 is 5.97 Å². The van der Waals surface area contributed by atoms with Gasteiger partial charge in [0.2, 0.25) is 0 Å². The van der Waals surface area contributed by atoms with Gasteiger partial charge in [-0.1, -0.05) is 102 Å². The Kier molecular flexibility index (Phi) is 15.0. The summed E-state index contributed by atoms with van der Waals surface area (Å²) in [6.45, 7) is 8.93. The third-order valence-electron chi connectivity index (χ3n) is 6.10. The van der Waals surface area contributed by atoms with Crippen LogP contribution in [0.4, 0.5) is 0 Å². The molecule has 2 nitrogen and oxygen atoms in total. The zero-order valence-electron chi connectivity index (χ0n) is 18.9. The van der Waals surface area contributed by atoms with Gasteiger partial charge < -0.3 is 4.74 Å². The lowest BCUT2D eigenvalue weighted by Gasteiger charge is -2.21. The Morgan fingerprint density at radius 3 is 1.96 bits per heavy atom. The Labute approximate surface area is 175 Å². The number of hydrogen-bond donors (Lipinski definition) is 0. The maximum Gasteiger partial charge on any atom is 0.306 e. The van der Waals surface area contributed by atoms with E-state index in [4.69, 9.17) is 4.74 Å². The minimum atomic E-state index is -0.0222. The molecule has 0 saturated carbocycles. The van der Waals surface area contributed by atoms with Crippen molar-refractivity contribution in [2.24, 2.45) is 5.92 Å². The van der Waals surface area contributed by atoms with Crippen LogP contribution in [0.5, 0.6) is 0 Å². The summed E-state index contributed by atoms with van der Waals surface area (Å²) >= 11 is 0. The summed E-state index contributed by atoms with van der Waals surface area (Å²) in [6.07, 6.45) is 23.4. The fraction of sp³-hybridized carbons (Fsp3) is 0.808. The minimum Gasteiger partial charge on any atom is -0.461 e. The van der Waals surface area contributed by atoms with E-state index in [9.17, 15) is 4.79 Å². The molecule has 0 unspecified atom stereocenters. The zero-order chi connectivity index (χ0) is 20.5. The Balaban J connectivity index is 1.86. The molecule has 1 atom stereocenters. The van der Waals surface area contributed by atoms with E-state index in [0.717, 1.165) is 32.1 Å². The fourth-order valence-electron chi connectivity index (χ4n) is 4.00. The highest BCUT2D eigenvalue weighted by atomic mass is 16.5. The van der Waals surface area contributed by atoms with Gasteiger partial charge in [-0.25, -0.2) is 0 Å². The smallest absolute Gasteiger partial charge is 0.306 e. The highest BCUT2D eigenvalue weighted by Crippen LogP contribution is 2.28. The second-order valence-electron chi connectivity index (χ2n) is 8.83. The van der Waals surface area contributed by atoms with Gasteiger partial charge in [0, 0.05) is 6.42 Å². The molecule has 2 heteroatoms. The molecule has 1 aliphatic carbocycles. The van der Waals surface area contributed by atoms with Crippen LogP contribution in [-0.4, -0.2) is 12.6 Å². The van der Waals surface area contributed by atoms with Crippen LogP contribution < -0.4 is 0 Å². The van der Waals surface area contributed by atoms with Crippen molar-refractivity contribution in [2.75, 3.05) is 6.61 Å². The largest absolute Gasteiger partial charge is 0.461 e. The molecule has 0 aromatic carbocycles. The van der Waals surface area contributed by atoms with E-state index in [1.165, 1.54) is 81.8 Å². The molecule has 1 rings (SSSR count). The number of hydrogen-bond acceptors (Lipinski definition) is 2. The van der Waals surface area contributed by atoms with E-state index in [0.29, 0.717) is 18.9 Å². The van der Waals surface area contributed by atoms with Gasteiger partial charge in [-0.2, -0.15) is 0 Å². The van der Waals surface area contributed by atoms with E-state index in [1.807, 2.05) is 0 Å². The van der Waals surface area contributed by atoms with Crippen LogP contribution in [-0.2, 0) is 9.53 Å². The number of allylic oxidation sites excluding steroid dienone is 2. The second kappa shape index (κ2) is 16.9. The quantitative estimate of drug-likeness (QED) is 0.142. The van der Waals surface area contributed by atoms with Gasteiger partial charge in [0.1, 0.15) is 6.61 Å². The predicted octanol–water partition coefficient (Wildman–Crippen LogP) is 8.31. The third-order valence-corrected chi connectivity index (χ3v) is 6.10. The molecule has 0 spiro atoms. The topological polar surface area (TPSA) is 26.3 Å². The normalized spacial score (nSPS) is 16.6. The molecule has 0 aliphatic heterocycles. The monoisotopic (exact) mass is 390 g/mol. The molecule has 28 heavy (non-hydrogen) atoms. The molecule has 162 valence electrons. The van der Waals surface area contributed by atoms with Crippen molar-refractivity contribution in [3.8, 4) is 0 Å². The summed E-state index contributed by atoms with van der Waals surface area (Å²) in [5, 5.41) is 0. The predicted molar refractivity (Wildman–Crippen MR) is 122 cm³/mol. The lowest BCUT2D eigenvalue weighted by atomic mass is 9.86. The van der Waals surface area contributed by atoms with Crippen LogP contribution in [0.1, 0.15) is 123 Å². The van der Waals surface area contributed by atoms with Crippen LogP contribution in [0.25, 0.3) is 0 Å². The van der Waals surface area contributed by atoms with Crippen molar-refractivity contribution in [3.05, 3.63) is 23.8 Å². The third kappa shape index (κ3) is 13.2. The second-order valence-corrected chi connectivity index (χ2v) is 8.83. The molecule has 1 aliphatic rings. The van der Waals surface area contributed by atoms with Crippen molar-refractivity contribution < 1.29 is 9.53 Å². The van der Waals surface area contributed by atoms with Gasteiger partial charge in [-0.15, -0.1) is 0 Å². The summed E-state index contributed by atoms with van der Waals surface area (Å²) < 4.78 is 5.45. The summed E-state index contributed by atoms with van der Waals surface area (Å²) in [5.74, 6) is 0.594. The summed E-state index contributed by atoms with van der Waals surface area (Å²) in [4.78, 5) is 11.9. The van der Waals surface area contributed by atoms with Crippen molar-refractivity contribution in [3.63, 3.8) is 0 Å². The van der Waals surface area contributed by atoms with Crippen LogP contribution in [0.15, 0.2) is 23.8 Å². The molecule has 0 fully saturated rings. The Bertz CT molecular complexity index is 449. The zero-order valence-corrected chi connectivity index (χ0v) is 18.9. The fourth-order valence-corrected chi connectivity index (χ4v) is 4.00.